The molecule has 1 N–H and O–H groups in total. The van der Waals surface area contributed by atoms with E-state index in [1.807, 2.05) is 36.1 Å². The Kier molecular flexibility index (Phi) is 6.05. The molecule has 0 radical (unpaired) electrons. The van der Waals surface area contributed by atoms with Gasteiger partial charge in [0.25, 0.3) is 0 Å². The summed E-state index contributed by atoms with van der Waals surface area (Å²) in [6.45, 7) is 5.67. The Morgan fingerprint density at radius 3 is 2.76 bits per heavy atom. The molecule has 0 aliphatic rings. The van der Waals surface area contributed by atoms with Crippen LogP contribution in [-0.2, 0) is 0 Å². The predicted octanol–water partition coefficient (Wildman–Crippen LogP) is 4.10. The van der Waals surface area contributed by atoms with E-state index in [4.69, 9.17) is 0 Å². The molecule has 0 saturated heterocycles. The van der Waals surface area contributed by atoms with Gasteiger partial charge in [0.1, 0.15) is 0 Å². The summed E-state index contributed by atoms with van der Waals surface area (Å²) in [5.74, 6) is 0. The van der Waals surface area contributed by atoms with Crippen molar-refractivity contribution in [2.75, 3.05) is 18.4 Å². The lowest BCUT2D eigenvalue weighted by atomic mass is 10.3. The zero-order valence-corrected chi connectivity index (χ0v) is 12.0. The van der Waals surface area contributed by atoms with Crippen LogP contribution >= 0.6 is 15.9 Å². The van der Waals surface area contributed by atoms with Crippen molar-refractivity contribution < 1.29 is 4.79 Å². The average molecular weight is 299 g/mol. The second kappa shape index (κ2) is 7.33. The summed E-state index contributed by atoms with van der Waals surface area (Å²) in [4.78, 5) is 13.8. The molecule has 0 aromatic heterocycles. The van der Waals surface area contributed by atoms with Crippen molar-refractivity contribution in [2.45, 2.75) is 26.7 Å². The number of nitrogens with one attached hydrogen (secondary N) is 1. The highest BCUT2D eigenvalue weighted by atomic mass is 79.9. The zero-order valence-electron chi connectivity index (χ0n) is 10.4. The van der Waals surface area contributed by atoms with Crippen LogP contribution in [0.25, 0.3) is 0 Å². The minimum Gasteiger partial charge on any atom is -0.325 e. The van der Waals surface area contributed by atoms with Crippen molar-refractivity contribution in [1.29, 1.82) is 0 Å². The third-order valence-electron chi connectivity index (χ3n) is 2.53. The van der Waals surface area contributed by atoms with Gasteiger partial charge >= 0.3 is 6.03 Å². The van der Waals surface area contributed by atoms with E-state index in [0.29, 0.717) is 0 Å². The van der Waals surface area contributed by atoms with Gasteiger partial charge in [-0.15, -0.1) is 0 Å². The maximum absolute atomic E-state index is 12.0. The summed E-state index contributed by atoms with van der Waals surface area (Å²) in [6.07, 6.45) is 2.14. The van der Waals surface area contributed by atoms with Crippen molar-refractivity contribution in [3.63, 3.8) is 0 Å². The van der Waals surface area contributed by atoms with E-state index in [1.54, 1.807) is 0 Å². The molecule has 0 heterocycles. The van der Waals surface area contributed by atoms with Gasteiger partial charge in [0, 0.05) is 23.2 Å². The second-order valence-corrected chi connectivity index (χ2v) is 4.79. The van der Waals surface area contributed by atoms with Crippen LogP contribution in [0.5, 0.6) is 0 Å². The van der Waals surface area contributed by atoms with E-state index in [1.165, 1.54) is 0 Å². The molecule has 0 bridgehead atoms. The Hall–Kier alpha value is -1.03. The molecule has 2 amide bonds. The van der Waals surface area contributed by atoms with Gasteiger partial charge in [-0.3, -0.25) is 0 Å². The van der Waals surface area contributed by atoms with Crippen LogP contribution in [0.4, 0.5) is 10.5 Å². The monoisotopic (exact) mass is 298 g/mol. The number of amides is 2. The van der Waals surface area contributed by atoms with E-state index in [2.05, 4.69) is 28.2 Å². The first-order valence-electron chi connectivity index (χ1n) is 5.98. The van der Waals surface area contributed by atoms with Crippen LogP contribution in [0.1, 0.15) is 26.7 Å². The predicted molar refractivity (Wildman–Crippen MR) is 75.3 cm³/mol. The lowest BCUT2D eigenvalue weighted by Crippen LogP contribution is -2.35. The number of benzene rings is 1. The summed E-state index contributed by atoms with van der Waals surface area (Å²) in [5, 5.41) is 2.90. The van der Waals surface area contributed by atoms with E-state index in [9.17, 15) is 4.79 Å². The second-order valence-electron chi connectivity index (χ2n) is 3.87. The number of hydrogen-bond acceptors (Lipinski definition) is 1. The number of carbonyl (C=O) groups is 1. The van der Waals surface area contributed by atoms with Crippen molar-refractivity contribution in [3.8, 4) is 0 Å². The molecule has 0 aliphatic heterocycles. The van der Waals surface area contributed by atoms with Crippen LogP contribution in [0.2, 0.25) is 0 Å². The quantitative estimate of drug-likeness (QED) is 0.872. The number of rotatable bonds is 5. The number of anilines is 1. The van der Waals surface area contributed by atoms with Crippen LogP contribution in [0, 0.1) is 0 Å². The maximum Gasteiger partial charge on any atom is 0.321 e. The van der Waals surface area contributed by atoms with Gasteiger partial charge in [-0.1, -0.05) is 35.3 Å². The number of carbonyl (C=O) groups excluding carboxylic acids is 1. The van der Waals surface area contributed by atoms with Gasteiger partial charge in [0.2, 0.25) is 0 Å². The molecule has 1 aromatic carbocycles. The van der Waals surface area contributed by atoms with E-state index in [0.717, 1.165) is 36.1 Å². The standard InChI is InChI=1S/C13H19BrN2O/c1-3-5-9-16(4-2)13(17)15-12-8-6-7-11(14)10-12/h6-8,10H,3-5,9H2,1-2H3,(H,15,17). The fourth-order valence-electron chi connectivity index (χ4n) is 1.52. The summed E-state index contributed by atoms with van der Waals surface area (Å²) >= 11 is 3.38. The molecule has 94 valence electrons. The Labute approximate surface area is 111 Å². The summed E-state index contributed by atoms with van der Waals surface area (Å²) < 4.78 is 0.965. The third kappa shape index (κ3) is 4.77. The number of halogens is 1. The molecule has 3 nitrogen and oxygen atoms in total. The number of unbranched alkanes of at least 4 members (excludes halogenated alkanes) is 1. The molecule has 4 heteroatoms. The van der Waals surface area contributed by atoms with Gasteiger partial charge < -0.3 is 10.2 Å². The fourth-order valence-corrected chi connectivity index (χ4v) is 1.92. The van der Waals surface area contributed by atoms with Crippen molar-refractivity contribution in [2.24, 2.45) is 0 Å². The van der Waals surface area contributed by atoms with Gasteiger partial charge in [-0.05, 0) is 31.5 Å². The topological polar surface area (TPSA) is 32.3 Å². The highest BCUT2D eigenvalue weighted by molar-refractivity contribution is 9.10. The van der Waals surface area contributed by atoms with Crippen LogP contribution in [0.15, 0.2) is 28.7 Å². The molecular weight excluding hydrogens is 280 g/mol. The lowest BCUT2D eigenvalue weighted by molar-refractivity contribution is 0.213. The van der Waals surface area contributed by atoms with Crippen LogP contribution < -0.4 is 5.32 Å². The van der Waals surface area contributed by atoms with E-state index < -0.39 is 0 Å². The summed E-state index contributed by atoms with van der Waals surface area (Å²) in [7, 11) is 0. The largest absolute Gasteiger partial charge is 0.325 e. The molecule has 1 rings (SSSR count). The van der Waals surface area contributed by atoms with E-state index >= 15 is 0 Å². The SMILES string of the molecule is CCCCN(CC)C(=O)Nc1cccc(Br)c1. The Balaban J connectivity index is 2.57. The van der Waals surface area contributed by atoms with Crippen molar-refractivity contribution >= 4 is 27.6 Å². The maximum atomic E-state index is 12.0. The number of hydrogen-bond donors (Lipinski definition) is 1. The third-order valence-corrected chi connectivity index (χ3v) is 3.02. The Bertz CT molecular complexity index is 368. The fraction of sp³-hybridized carbons (Fsp3) is 0.462. The minimum absolute atomic E-state index is 0.0287. The highest BCUT2D eigenvalue weighted by Gasteiger charge is 2.10. The van der Waals surface area contributed by atoms with Gasteiger partial charge in [0.15, 0.2) is 0 Å². The average Bonchev–Trinajstić information content (AvgIpc) is 2.30. The summed E-state index contributed by atoms with van der Waals surface area (Å²) in [6, 6.07) is 7.59. The molecule has 0 aliphatic carbocycles. The highest BCUT2D eigenvalue weighted by Crippen LogP contribution is 2.16. The minimum atomic E-state index is -0.0287. The lowest BCUT2D eigenvalue weighted by Gasteiger charge is -2.21. The molecule has 1 aromatic rings. The first-order valence-corrected chi connectivity index (χ1v) is 6.78. The first-order chi connectivity index (χ1) is 8.17. The van der Waals surface area contributed by atoms with Crippen molar-refractivity contribution in [1.82, 2.24) is 4.90 Å². The molecule has 0 spiro atoms. The Morgan fingerprint density at radius 2 is 2.18 bits per heavy atom. The molecule has 0 fully saturated rings. The number of nitrogens with zero attached hydrogens (tertiary/aromatic N) is 1. The molecular formula is C13H19BrN2O. The first kappa shape index (κ1) is 14.0. The normalized spacial score (nSPS) is 10.1. The van der Waals surface area contributed by atoms with Crippen molar-refractivity contribution in [3.05, 3.63) is 28.7 Å². The molecule has 0 saturated carbocycles. The molecule has 0 unspecified atom stereocenters. The Morgan fingerprint density at radius 1 is 1.41 bits per heavy atom. The molecule has 17 heavy (non-hydrogen) atoms. The van der Waals surface area contributed by atoms with Gasteiger partial charge in [-0.25, -0.2) is 4.79 Å². The van der Waals surface area contributed by atoms with Crippen LogP contribution in [0.3, 0.4) is 0 Å². The van der Waals surface area contributed by atoms with Gasteiger partial charge in [-0.2, -0.15) is 0 Å². The number of urea groups is 1. The van der Waals surface area contributed by atoms with Gasteiger partial charge in [0.05, 0.1) is 0 Å². The van der Waals surface area contributed by atoms with E-state index in [-0.39, 0.29) is 6.03 Å². The molecule has 0 atom stereocenters. The zero-order chi connectivity index (χ0) is 12.7. The summed E-state index contributed by atoms with van der Waals surface area (Å²) in [5.41, 5.74) is 0.819. The smallest absolute Gasteiger partial charge is 0.321 e. The van der Waals surface area contributed by atoms with Crippen LogP contribution in [-0.4, -0.2) is 24.0 Å².